The van der Waals surface area contributed by atoms with E-state index in [1.54, 1.807) is 0 Å². The van der Waals surface area contributed by atoms with Crippen LogP contribution >= 0.6 is 0 Å². The van der Waals surface area contributed by atoms with Crippen LogP contribution in [0.2, 0.25) is 0 Å². The van der Waals surface area contributed by atoms with Crippen LogP contribution in [0.15, 0.2) is 0 Å². The van der Waals surface area contributed by atoms with Crippen molar-refractivity contribution >= 4 is 0 Å². The van der Waals surface area contributed by atoms with Gasteiger partial charge < -0.3 is 10.6 Å². The van der Waals surface area contributed by atoms with E-state index in [-0.39, 0.29) is 5.54 Å². The van der Waals surface area contributed by atoms with Crippen LogP contribution < -0.4 is 5.73 Å². The largest absolute Gasteiger partial charge is 0.326 e. The Kier molecular flexibility index (Phi) is 5.67. The minimum Gasteiger partial charge on any atom is -0.326 e. The van der Waals surface area contributed by atoms with Gasteiger partial charge in [0, 0.05) is 5.54 Å². The fraction of sp³-hybridized carbons (Fsp3) is 1.00. The predicted octanol–water partition coefficient (Wildman–Crippen LogP) is 3.65. The van der Waals surface area contributed by atoms with Gasteiger partial charge in [-0.15, -0.1) is 0 Å². The van der Waals surface area contributed by atoms with E-state index in [1.807, 2.05) is 0 Å². The van der Waals surface area contributed by atoms with Crippen molar-refractivity contribution in [2.45, 2.75) is 72.3 Å². The Labute approximate surface area is 114 Å². The Morgan fingerprint density at radius 2 is 1.72 bits per heavy atom. The molecule has 0 aromatic heterocycles. The van der Waals surface area contributed by atoms with Crippen molar-refractivity contribution in [3.8, 4) is 0 Å². The molecule has 1 atom stereocenters. The van der Waals surface area contributed by atoms with Crippen LogP contribution in [0.1, 0.15) is 66.7 Å². The first-order valence-electron chi connectivity index (χ1n) is 7.70. The molecule has 2 heteroatoms. The van der Waals surface area contributed by atoms with Crippen LogP contribution in [0.3, 0.4) is 0 Å². The van der Waals surface area contributed by atoms with E-state index in [0.29, 0.717) is 5.41 Å². The molecule has 0 aromatic rings. The Morgan fingerprint density at radius 3 is 2.28 bits per heavy atom. The summed E-state index contributed by atoms with van der Waals surface area (Å²) < 4.78 is 0. The summed E-state index contributed by atoms with van der Waals surface area (Å²) in [5, 5.41) is 0. The lowest BCUT2D eigenvalue weighted by Gasteiger charge is -2.30. The Morgan fingerprint density at radius 1 is 1.06 bits per heavy atom. The lowest BCUT2D eigenvalue weighted by atomic mass is 9.77. The average Bonchev–Trinajstić information content (AvgIpc) is 2.40. The summed E-state index contributed by atoms with van der Waals surface area (Å²) >= 11 is 0. The van der Waals surface area contributed by atoms with Gasteiger partial charge in [0.05, 0.1) is 0 Å². The summed E-state index contributed by atoms with van der Waals surface area (Å²) in [6.45, 7) is 15.2. The second-order valence-electron chi connectivity index (χ2n) is 7.93. The Balaban J connectivity index is 2.30. The van der Waals surface area contributed by atoms with Crippen molar-refractivity contribution in [1.29, 1.82) is 0 Å². The molecule has 108 valence electrons. The summed E-state index contributed by atoms with van der Waals surface area (Å²) in [7, 11) is 0. The molecule has 0 aromatic carbocycles. The van der Waals surface area contributed by atoms with Crippen molar-refractivity contribution < 1.29 is 0 Å². The average molecular weight is 254 g/mol. The molecule has 1 rings (SSSR count). The van der Waals surface area contributed by atoms with Gasteiger partial charge in [-0.05, 0) is 76.9 Å². The zero-order valence-corrected chi connectivity index (χ0v) is 13.3. The molecule has 1 aliphatic rings. The maximum absolute atomic E-state index is 6.04. The molecule has 18 heavy (non-hydrogen) atoms. The van der Waals surface area contributed by atoms with Gasteiger partial charge in [0.1, 0.15) is 0 Å². The quantitative estimate of drug-likeness (QED) is 0.829. The van der Waals surface area contributed by atoms with Crippen molar-refractivity contribution in [3.05, 3.63) is 0 Å². The summed E-state index contributed by atoms with van der Waals surface area (Å²) in [6.07, 6.45) is 6.52. The topological polar surface area (TPSA) is 29.3 Å². The van der Waals surface area contributed by atoms with Crippen molar-refractivity contribution in [2.75, 3.05) is 19.6 Å². The first kappa shape index (κ1) is 16.0. The second-order valence-corrected chi connectivity index (χ2v) is 7.93. The predicted molar refractivity (Wildman–Crippen MR) is 80.7 cm³/mol. The van der Waals surface area contributed by atoms with E-state index in [9.17, 15) is 0 Å². The van der Waals surface area contributed by atoms with E-state index < -0.39 is 0 Å². The van der Waals surface area contributed by atoms with Crippen LogP contribution in [0.4, 0.5) is 0 Å². The highest BCUT2D eigenvalue weighted by Crippen LogP contribution is 2.34. The van der Waals surface area contributed by atoms with Crippen molar-refractivity contribution in [3.63, 3.8) is 0 Å². The van der Waals surface area contributed by atoms with Crippen LogP contribution in [0, 0.1) is 11.3 Å². The number of nitrogens with zero attached hydrogens (tertiary/aromatic N) is 1. The summed E-state index contributed by atoms with van der Waals surface area (Å²) in [6, 6.07) is 0. The molecule has 0 radical (unpaired) electrons. The SMILES string of the molecule is CC(C)(N)CCCN1CCCC(C(C)(C)C)CC1. The van der Waals surface area contributed by atoms with Gasteiger partial charge in [-0.3, -0.25) is 0 Å². The van der Waals surface area contributed by atoms with E-state index in [4.69, 9.17) is 5.73 Å². The van der Waals surface area contributed by atoms with Crippen LogP contribution in [-0.4, -0.2) is 30.1 Å². The number of rotatable bonds is 4. The molecular formula is C16H34N2. The molecule has 1 fully saturated rings. The maximum atomic E-state index is 6.04. The molecule has 1 unspecified atom stereocenters. The Hall–Kier alpha value is -0.0800. The zero-order valence-electron chi connectivity index (χ0n) is 13.3. The number of likely N-dealkylation sites (tertiary alicyclic amines) is 1. The smallest absolute Gasteiger partial charge is 0.00975 e. The highest BCUT2D eigenvalue weighted by Gasteiger charge is 2.26. The van der Waals surface area contributed by atoms with E-state index in [0.717, 1.165) is 12.3 Å². The lowest BCUT2D eigenvalue weighted by molar-refractivity contribution is 0.206. The van der Waals surface area contributed by atoms with Crippen LogP contribution in [-0.2, 0) is 0 Å². The minimum atomic E-state index is -0.000204. The molecule has 0 saturated carbocycles. The summed E-state index contributed by atoms with van der Waals surface area (Å²) in [5.74, 6) is 0.897. The van der Waals surface area contributed by atoms with Crippen molar-refractivity contribution in [2.24, 2.45) is 17.1 Å². The fourth-order valence-corrected chi connectivity index (χ4v) is 3.00. The van der Waals surface area contributed by atoms with Gasteiger partial charge in [-0.1, -0.05) is 20.8 Å². The molecule has 2 N–H and O–H groups in total. The molecule has 0 amide bonds. The monoisotopic (exact) mass is 254 g/mol. The van der Waals surface area contributed by atoms with Gasteiger partial charge in [-0.2, -0.15) is 0 Å². The number of hydrogen-bond acceptors (Lipinski definition) is 2. The first-order chi connectivity index (χ1) is 8.18. The minimum absolute atomic E-state index is 0.000204. The fourth-order valence-electron chi connectivity index (χ4n) is 3.00. The third-order valence-electron chi connectivity index (χ3n) is 4.34. The zero-order chi connectivity index (χ0) is 13.8. The molecule has 1 saturated heterocycles. The van der Waals surface area contributed by atoms with Gasteiger partial charge >= 0.3 is 0 Å². The molecule has 2 nitrogen and oxygen atoms in total. The molecule has 0 bridgehead atoms. The maximum Gasteiger partial charge on any atom is 0.00975 e. The van der Waals surface area contributed by atoms with Gasteiger partial charge in [0.2, 0.25) is 0 Å². The molecule has 1 heterocycles. The third kappa shape index (κ3) is 6.19. The molecule has 0 spiro atoms. The van der Waals surface area contributed by atoms with Gasteiger partial charge in [0.25, 0.3) is 0 Å². The third-order valence-corrected chi connectivity index (χ3v) is 4.34. The van der Waals surface area contributed by atoms with E-state index >= 15 is 0 Å². The van der Waals surface area contributed by atoms with Gasteiger partial charge in [-0.25, -0.2) is 0 Å². The normalized spacial score (nSPS) is 24.0. The van der Waals surface area contributed by atoms with E-state index in [2.05, 4.69) is 39.5 Å². The first-order valence-corrected chi connectivity index (χ1v) is 7.70. The standard InChI is InChI=1S/C16H34N2/c1-15(2,3)14-8-6-11-18(13-9-14)12-7-10-16(4,5)17/h14H,6-13,17H2,1-5H3. The molecular weight excluding hydrogens is 220 g/mol. The summed E-state index contributed by atoms with van der Waals surface area (Å²) in [4.78, 5) is 2.65. The highest BCUT2D eigenvalue weighted by atomic mass is 15.1. The second kappa shape index (κ2) is 6.38. The van der Waals surface area contributed by atoms with Gasteiger partial charge in [0.15, 0.2) is 0 Å². The Bertz CT molecular complexity index is 234. The van der Waals surface area contributed by atoms with Crippen LogP contribution in [0.5, 0.6) is 0 Å². The van der Waals surface area contributed by atoms with Crippen molar-refractivity contribution in [1.82, 2.24) is 4.90 Å². The number of hydrogen-bond donors (Lipinski definition) is 1. The van der Waals surface area contributed by atoms with E-state index in [1.165, 1.54) is 45.3 Å². The lowest BCUT2D eigenvalue weighted by Crippen LogP contribution is -2.34. The summed E-state index contributed by atoms with van der Waals surface area (Å²) in [5.41, 5.74) is 6.52. The number of nitrogens with two attached hydrogens (primary N) is 1. The highest BCUT2D eigenvalue weighted by molar-refractivity contribution is 4.79. The molecule has 1 aliphatic heterocycles. The molecule has 0 aliphatic carbocycles. The van der Waals surface area contributed by atoms with Crippen LogP contribution in [0.25, 0.3) is 0 Å².